The van der Waals surface area contributed by atoms with Crippen LogP contribution in [0.1, 0.15) is 25.2 Å². The summed E-state index contributed by atoms with van der Waals surface area (Å²) >= 11 is 0. The van der Waals surface area contributed by atoms with E-state index in [0.29, 0.717) is 5.70 Å². The Bertz CT molecular complexity index is 582. The molecule has 0 fully saturated rings. The number of rotatable bonds is 7. The van der Waals surface area contributed by atoms with Crippen molar-refractivity contribution in [3.63, 3.8) is 0 Å². The zero-order valence-electron chi connectivity index (χ0n) is 12.5. The highest BCUT2D eigenvalue weighted by Gasteiger charge is 2.01. The molecule has 0 saturated heterocycles. The highest BCUT2D eigenvalue weighted by molar-refractivity contribution is 5.96. The molecule has 0 aliphatic heterocycles. The van der Waals surface area contributed by atoms with Gasteiger partial charge in [-0.3, -0.25) is 10.4 Å². The maximum absolute atomic E-state index is 8.84. The summed E-state index contributed by atoms with van der Waals surface area (Å²) in [6.07, 6.45) is 2.87. The fourth-order valence-corrected chi connectivity index (χ4v) is 1.46. The van der Waals surface area contributed by atoms with Crippen LogP contribution in [0.3, 0.4) is 0 Å². The monoisotopic (exact) mass is 284 g/mol. The number of hydrogen-bond acceptors (Lipinski definition) is 6. The Morgan fingerprint density at radius 3 is 2.90 bits per heavy atom. The largest absolute Gasteiger partial charge is 0.368 e. The van der Waals surface area contributed by atoms with Crippen molar-refractivity contribution in [2.75, 3.05) is 0 Å². The molecule has 1 unspecified atom stereocenters. The minimum atomic E-state index is -0.139. The molecular weight excluding hydrogens is 264 g/mol. The number of allylic oxidation sites excluding steroid dienone is 1. The van der Waals surface area contributed by atoms with E-state index in [0.717, 1.165) is 17.1 Å². The van der Waals surface area contributed by atoms with Gasteiger partial charge in [0.2, 0.25) is 0 Å². The van der Waals surface area contributed by atoms with Crippen LogP contribution < -0.4 is 16.1 Å². The Morgan fingerprint density at radius 1 is 1.52 bits per heavy atom. The summed E-state index contributed by atoms with van der Waals surface area (Å²) in [6, 6.07) is 7.79. The lowest BCUT2D eigenvalue weighted by atomic mass is 10.2. The lowest BCUT2D eigenvalue weighted by Gasteiger charge is -2.12. The Morgan fingerprint density at radius 2 is 2.29 bits per heavy atom. The van der Waals surface area contributed by atoms with E-state index in [2.05, 4.69) is 32.7 Å². The Kier molecular flexibility index (Phi) is 6.48. The van der Waals surface area contributed by atoms with Crippen molar-refractivity contribution in [3.8, 4) is 6.07 Å². The molecule has 1 aromatic heterocycles. The molecule has 6 heteroatoms. The summed E-state index contributed by atoms with van der Waals surface area (Å²) in [6.45, 7) is 9.22. The maximum Gasteiger partial charge on any atom is 0.133 e. The van der Waals surface area contributed by atoms with Crippen LogP contribution in [0, 0.1) is 18.3 Å². The molecule has 3 N–H and O–H groups in total. The third-order valence-electron chi connectivity index (χ3n) is 2.54. The molecule has 1 rings (SSSR count). The van der Waals surface area contributed by atoms with Gasteiger partial charge in [-0.25, -0.2) is 0 Å². The van der Waals surface area contributed by atoms with Crippen molar-refractivity contribution in [2.45, 2.75) is 26.9 Å². The average molecular weight is 284 g/mol. The summed E-state index contributed by atoms with van der Waals surface area (Å²) in [4.78, 5) is 4.40. The van der Waals surface area contributed by atoms with Crippen LogP contribution in [0.25, 0.3) is 0 Å². The van der Waals surface area contributed by atoms with Crippen LogP contribution in [-0.4, -0.2) is 16.9 Å². The van der Waals surface area contributed by atoms with E-state index in [1.54, 1.807) is 6.20 Å². The second-order valence-electron chi connectivity index (χ2n) is 4.40. The predicted molar refractivity (Wildman–Crippen MR) is 83.9 cm³/mol. The number of hydrazone groups is 1. The van der Waals surface area contributed by atoms with Gasteiger partial charge in [0.15, 0.2) is 0 Å². The molecule has 0 saturated carbocycles. The van der Waals surface area contributed by atoms with Crippen molar-refractivity contribution >= 4 is 5.71 Å². The minimum Gasteiger partial charge on any atom is -0.368 e. The van der Waals surface area contributed by atoms with Gasteiger partial charge in [0, 0.05) is 11.9 Å². The van der Waals surface area contributed by atoms with Crippen LogP contribution in [-0.2, 0) is 0 Å². The predicted octanol–water partition coefficient (Wildman–Crippen LogP) is 1.74. The first kappa shape index (κ1) is 16.2. The summed E-state index contributed by atoms with van der Waals surface area (Å²) in [5, 5.41) is 18.8. The summed E-state index contributed by atoms with van der Waals surface area (Å²) in [7, 11) is 0. The molecule has 0 aromatic carbocycles. The third kappa shape index (κ3) is 5.78. The van der Waals surface area contributed by atoms with Gasteiger partial charge >= 0.3 is 0 Å². The van der Waals surface area contributed by atoms with Gasteiger partial charge in [-0.05, 0) is 39.1 Å². The molecule has 0 bridgehead atoms. The normalized spacial score (nSPS) is 13.0. The Labute approximate surface area is 125 Å². The van der Waals surface area contributed by atoms with Gasteiger partial charge < -0.3 is 10.6 Å². The quantitative estimate of drug-likeness (QED) is 0.307. The van der Waals surface area contributed by atoms with Gasteiger partial charge in [0.1, 0.15) is 17.9 Å². The first-order valence-corrected chi connectivity index (χ1v) is 6.54. The van der Waals surface area contributed by atoms with Gasteiger partial charge in [0.25, 0.3) is 0 Å². The molecule has 0 radical (unpaired) electrons. The summed E-state index contributed by atoms with van der Waals surface area (Å²) < 4.78 is 0. The molecule has 1 heterocycles. The Hall–Kier alpha value is -2.81. The molecule has 6 nitrogen and oxygen atoms in total. The Balaban J connectivity index is 2.59. The first-order valence-electron chi connectivity index (χ1n) is 6.54. The number of nitriles is 1. The van der Waals surface area contributed by atoms with Crippen molar-refractivity contribution in [1.29, 1.82) is 5.26 Å². The van der Waals surface area contributed by atoms with E-state index in [9.17, 15) is 0 Å². The zero-order chi connectivity index (χ0) is 15.7. The number of nitrogens with zero attached hydrogens (tertiary/aromatic N) is 3. The molecule has 0 spiro atoms. The molecule has 0 aliphatic rings. The summed E-state index contributed by atoms with van der Waals surface area (Å²) in [5.41, 5.74) is 5.90. The van der Waals surface area contributed by atoms with Gasteiger partial charge in [-0.15, -0.1) is 0 Å². The van der Waals surface area contributed by atoms with E-state index in [4.69, 9.17) is 5.26 Å². The second kappa shape index (κ2) is 8.38. The molecular formula is C15H20N6. The van der Waals surface area contributed by atoms with Crippen molar-refractivity contribution < 1.29 is 0 Å². The number of nitrogens with one attached hydrogen (secondary N) is 3. The van der Waals surface area contributed by atoms with Crippen LogP contribution in [0.4, 0.5) is 0 Å². The zero-order valence-corrected chi connectivity index (χ0v) is 12.5. The van der Waals surface area contributed by atoms with Crippen molar-refractivity contribution in [3.05, 3.63) is 54.3 Å². The number of aryl methyl sites for hydroxylation is 1. The standard InChI is InChI=1S/C15H20N6/c1-5-17-14(9-16)10-18-13(4)21-20-12(3)15-8-6-7-11(2)19-15/h5-8,10,13,17-18,21H,1H2,2-4H3/b14-10-,20-12+. The topological polar surface area (TPSA) is 85.1 Å². The minimum absolute atomic E-state index is 0.139. The third-order valence-corrected chi connectivity index (χ3v) is 2.54. The molecule has 1 aromatic rings. The van der Waals surface area contributed by atoms with E-state index in [1.165, 1.54) is 6.20 Å². The first-order chi connectivity index (χ1) is 10.1. The van der Waals surface area contributed by atoms with Crippen LogP contribution in [0.2, 0.25) is 0 Å². The van der Waals surface area contributed by atoms with Gasteiger partial charge in [-0.2, -0.15) is 10.4 Å². The van der Waals surface area contributed by atoms with E-state index >= 15 is 0 Å². The number of pyridine rings is 1. The highest BCUT2D eigenvalue weighted by Crippen LogP contribution is 1.99. The van der Waals surface area contributed by atoms with E-state index in [-0.39, 0.29) is 6.17 Å². The lowest BCUT2D eigenvalue weighted by Crippen LogP contribution is -2.34. The van der Waals surface area contributed by atoms with Crippen molar-refractivity contribution in [1.82, 2.24) is 21.0 Å². The maximum atomic E-state index is 8.84. The second-order valence-corrected chi connectivity index (χ2v) is 4.40. The lowest BCUT2D eigenvalue weighted by molar-refractivity contribution is 0.524. The van der Waals surface area contributed by atoms with E-state index in [1.807, 2.05) is 45.0 Å². The average Bonchev–Trinajstić information content (AvgIpc) is 2.48. The number of hydrogen-bond donors (Lipinski definition) is 3. The highest BCUT2D eigenvalue weighted by atomic mass is 15.4. The van der Waals surface area contributed by atoms with E-state index < -0.39 is 0 Å². The number of aromatic nitrogens is 1. The molecule has 0 amide bonds. The summed E-state index contributed by atoms with van der Waals surface area (Å²) in [5.74, 6) is 0. The molecule has 21 heavy (non-hydrogen) atoms. The van der Waals surface area contributed by atoms with Crippen LogP contribution in [0.15, 0.2) is 48.0 Å². The SMILES string of the molecule is C=CN/C(C#N)=C\NC(C)N/N=C(\C)c1cccc(C)n1. The molecule has 1 atom stereocenters. The van der Waals surface area contributed by atoms with Gasteiger partial charge in [-0.1, -0.05) is 12.6 Å². The van der Waals surface area contributed by atoms with Gasteiger partial charge in [0.05, 0.1) is 11.4 Å². The van der Waals surface area contributed by atoms with Crippen LogP contribution >= 0.6 is 0 Å². The molecule has 110 valence electrons. The van der Waals surface area contributed by atoms with Crippen LogP contribution in [0.5, 0.6) is 0 Å². The fraction of sp³-hybridized carbons (Fsp3) is 0.267. The fourth-order valence-electron chi connectivity index (χ4n) is 1.46. The van der Waals surface area contributed by atoms with Crippen molar-refractivity contribution in [2.24, 2.45) is 5.10 Å². The molecule has 0 aliphatic carbocycles. The smallest absolute Gasteiger partial charge is 0.133 e.